The maximum atomic E-state index is 11.9. The van der Waals surface area contributed by atoms with Crippen LogP contribution in [0.2, 0.25) is 6.04 Å². The van der Waals surface area contributed by atoms with E-state index in [9.17, 15) is 9.90 Å². The number of carbonyl (C=O) groups is 1. The average Bonchev–Trinajstić information content (AvgIpc) is 2.64. The first kappa shape index (κ1) is 16.6. The molecule has 1 atom stereocenters. The van der Waals surface area contributed by atoms with Crippen molar-refractivity contribution in [3.63, 3.8) is 0 Å². The molecule has 2 aromatic rings. The first-order valence-electron chi connectivity index (χ1n) is 7.69. The van der Waals surface area contributed by atoms with Crippen LogP contribution in [0.1, 0.15) is 34.9 Å². The molecule has 22 heavy (non-hydrogen) atoms. The molecule has 1 heterocycles. The largest absolute Gasteiger partial charge is 0.424 e. The van der Waals surface area contributed by atoms with Crippen molar-refractivity contribution < 1.29 is 14.3 Å². The predicted molar refractivity (Wildman–Crippen MR) is 90.7 cm³/mol. The van der Waals surface area contributed by atoms with Crippen LogP contribution in [-0.4, -0.2) is 27.3 Å². The smallest absolute Gasteiger partial charge is 0.195 e. The molecule has 1 unspecified atom stereocenters. The van der Waals surface area contributed by atoms with Crippen molar-refractivity contribution >= 4 is 15.5 Å². The lowest BCUT2D eigenvalue weighted by atomic mass is 10.0. The van der Waals surface area contributed by atoms with Gasteiger partial charge in [-0.05, 0) is 18.0 Å². The summed E-state index contributed by atoms with van der Waals surface area (Å²) in [5.41, 5.74) is 1.15. The molecule has 0 aliphatic carbocycles. The lowest BCUT2D eigenvalue weighted by Gasteiger charge is -2.09. The molecule has 1 N–H and O–H groups in total. The van der Waals surface area contributed by atoms with Gasteiger partial charge in [-0.1, -0.05) is 67.1 Å². The normalized spacial score (nSPS) is 16.4. The Bertz CT molecular complexity index is 542. The van der Waals surface area contributed by atoms with Crippen molar-refractivity contribution in [3.8, 4) is 0 Å². The summed E-state index contributed by atoms with van der Waals surface area (Å²) in [5, 5.41) is 9.89. The highest BCUT2D eigenvalue weighted by Gasteiger charge is 2.18. The first-order chi connectivity index (χ1) is 10.8. The zero-order chi connectivity index (χ0) is 15.6. The molecule has 0 aromatic heterocycles. The summed E-state index contributed by atoms with van der Waals surface area (Å²) in [7, 11) is 0.00849. The highest BCUT2D eigenvalue weighted by atomic mass is 28.2. The lowest BCUT2D eigenvalue weighted by molar-refractivity contribution is 0.0747. The van der Waals surface area contributed by atoms with E-state index >= 15 is 0 Å². The van der Waals surface area contributed by atoms with Gasteiger partial charge in [-0.25, -0.2) is 0 Å². The van der Waals surface area contributed by atoms with Crippen molar-refractivity contribution in [1.82, 2.24) is 0 Å². The van der Waals surface area contributed by atoms with Gasteiger partial charge in [0.15, 0.2) is 15.5 Å². The third-order valence-electron chi connectivity index (χ3n) is 3.50. The molecule has 3 nitrogen and oxygen atoms in total. The van der Waals surface area contributed by atoms with E-state index in [-0.39, 0.29) is 15.5 Å². The number of carbonyl (C=O) groups excluding carboxylic acids is 1. The van der Waals surface area contributed by atoms with Gasteiger partial charge in [-0.2, -0.15) is 0 Å². The number of benzene rings is 2. The molecule has 0 radical (unpaired) electrons. The third-order valence-corrected chi connectivity index (χ3v) is 4.87. The summed E-state index contributed by atoms with van der Waals surface area (Å²) < 4.78 is 5.21. The Morgan fingerprint density at radius 2 is 1.64 bits per heavy atom. The highest BCUT2D eigenvalue weighted by molar-refractivity contribution is 6.27. The average molecular weight is 314 g/mol. The molecule has 1 aliphatic heterocycles. The van der Waals surface area contributed by atoms with E-state index in [2.05, 4.69) is 0 Å². The minimum Gasteiger partial charge on any atom is -0.424 e. The summed E-state index contributed by atoms with van der Waals surface area (Å²) in [4.78, 5) is 11.9. The molecule has 0 saturated carbocycles. The Labute approximate surface area is 133 Å². The van der Waals surface area contributed by atoms with Crippen LogP contribution in [0.5, 0.6) is 0 Å². The third kappa shape index (κ3) is 5.22. The fourth-order valence-electron chi connectivity index (χ4n) is 2.23. The van der Waals surface area contributed by atoms with Gasteiger partial charge in [0.2, 0.25) is 0 Å². The van der Waals surface area contributed by atoms with E-state index in [1.807, 2.05) is 12.1 Å². The fourth-order valence-corrected chi connectivity index (χ4v) is 3.40. The molecule has 0 spiro atoms. The van der Waals surface area contributed by atoms with Crippen LogP contribution in [0.3, 0.4) is 0 Å². The van der Waals surface area contributed by atoms with Crippen molar-refractivity contribution in [1.29, 1.82) is 0 Å². The Morgan fingerprint density at radius 3 is 2.09 bits per heavy atom. The molecule has 2 aromatic carbocycles. The molecular formula is C18H22O3Si. The number of aliphatic hydroxyl groups excluding tert-OH is 1. The van der Waals surface area contributed by atoms with Crippen LogP contribution in [0.4, 0.5) is 0 Å². The molecule has 3 rings (SSSR count). The van der Waals surface area contributed by atoms with Gasteiger partial charge in [0.1, 0.15) is 6.10 Å². The maximum Gasteiger partial charge on any atom is 0.195 e. The van der Waals surface area contributed by atoms with Crippen molar-refractivity contribution in [2.45, 2.75) is 25.0 Å². The standard InChI is InChI=1S/C14H12O2.C4H10OSi/c15-13(11-7-3-1-4-8-11)14(16)12-9-5-2-6-10-12;1-2-4-6-5-3-1/h1-10,13,15H;1-4,6H2. The van der Waals surface area contributed by atoms with Gasteiger partial charge in [0.05, 0.1) is 0 Å². The molecule has 0 bridgehead atoms. The van der Waals surface area contributed by atoms with Crippen molar-refractivity contribution in [3.05, 3.63) is 71.8 Å². The summed E-state index contributed by atoms with van der Waals surface area (Å²) in [6.07, 6.45) is 1.67. The molecule has 1 fully saturated rings. The van der Waals surface area contributed by atoms with Crippen LogP contribution >= 0.6 is 0 Å². The second-order valence-electron chi connectivity index (χ2n) is 5.22. The topological polar surface area (TPSA) is 46.5 Å². The zero-order valence-electron chi connectivity index (χ0n) is 12.7. The van der Waals surface area contributed by atoms with Gasteiger partial charge >= 0.3 is 0 Å². The van der Waals surface area contributed by atoms with E-state index in [0.29, 0.717) is 11.1 Å². The van der Waals surface area contributed by atoms with Crippen LogP contribution in [-0.2, 0) is 4.43 Å². The quantitative estimate of drug-likeness (QED) is 0.700. The van der Waals surface area contributed by atoms with Crippen LogP contribution in [0.25, 0.3) is 0 Å². The van der Waals surface area contributed by atoms with Crippen molar-refractivity contribution in [2.75, 3.05) is 6.61 Å². The lowest BCUT2D eigenvalue weighted by Crippen LogP contribution is -2.11. The number of hydrogen-bond acceptors (Lipinski definition) is 3. The van der Waals surface area contributed by atoms with E-state index in [4.69, 9.17) is 4.43 Å². The number of hydrogen-bond donors (Lipinski definition) is 1. The second-order valence-corrected chi connectivity index (χ2v) is 6.74. The predicted octanol–water partition coefficient (Wildman–Crippen LogP) is 2.90. The maximum absolute atomic E-state index is 11.9. The Hall–Kier alpha value is -1.75. The first-order valence-corrected chi connectivity index (χ1v) is 9.27. The second kappa shape index (κ2) is 9.30. The van der Waals surface area contributed by atoms with E-state index in [1.165, 1.54) is 18.9 Å². The zero-order valence-corrected chi connectivity index (χ0v) is 14.1. The number of rotatable bonds is 3. The number of aliphatic hydroxyl groups is 1. The van der Waals surface area contributed by atoms with Crippen LogP contribution < -0.4 is 0 Å². The van der Waals surface area contributed by atoms with Gasteiger partial charge < -0.3 is 9.53 Å². The van der Waals surface area contributed by atoms with Gasteiger partial charge in [0, 0.05) is 12.2 Å². The van der Waals surface area contributed by atoms with Crippen molar-refractivity contribution in [2.24, 2.45) is 0 Å². The molecule has 4 heteroatoms. The highest BCUT2D eigenvalue weighted by Crippen LogP contribution is 2.17. The summed E-state index contributed by atoms with van der Waals surface area (Å²) in [5.74, 6) is -0.271. The minimum absolute atomic E-state index is 0.00849. The Kier molecular flexibility index (Phi) is 7.03. The van der Waals surface area contributed by atoms with Crippen LogP contribution in [0.15, 0.2) is 60.7 Å². The van der Waals surface area contributed by atoms with Gasteiger partial charge in [-0.3, -0.25) is 4.79 Å². The Morgan fingerprint density at radius 1 is 1.00 bits per heavy atom. The minimum atomic E-state index is -1.08. The molecule has 1 saturated heterocycles. The monoisotopic (exact) mass is 314 g/mol. The summed E-state index contributed by atoms with van der Waals surface area (Å²) in [6.45, 7) is 1.06. The van der Waals surface area contributed by atoms with Gasteiger partial charge in [0.25, 0.3) is 0 Å². The number of ketones is 1. The number of Topliss-reactive ketones (excluding diaryl/α,β-unsaturated/α-hetero) is 1. The Balaban J connectivity index is 0.000000246. The van der Waals surface area contributed by atoms with E-state index < -0.39 is 6.10 Å². The molecule has 116 valence electrons. The fraction of sp³-hybridized carbons (Fsp3) is 0.278. The van der Waals surface area contributed by atoms with Gasteiger partial charge in [-0.15, -0.1) is 0 Å². The molecular weight excluding hydrogens is 292 g/mol. The van der Waals surface area contributed by atoms with E-state index in [0.717, 1.165) is 6.61 Å². The van der Waals surface area contributed by atoms with Crippen LogP contribution in [0, 0.1) is 0 Å². The summed E-state index contributed by atoms with van der Waals surface area (Å²) in [6, 6.07) is 19.2. The molecule has 1 aliphatic rings. The summed E-state index contributed by atoms with van der Waals surface area (Å²) >= 11 is 0. The van der Waals surface area contributed by atoms with E-state index in [1.54, 1.807) is 48.5 Å². The molecule has 0 amide bonds. The SMILES string of the molecule is C1CC[SiH2]OC1.O=C(c1ccccc1)C(O)c1ccccc1.